The summed E-state index contributed by atoms with van der Waals surface area (Å²) in [4.78, 5) is 23.4. The summed E-state index contributed by atoms with van der Waals surface area (Å²) >= 11 is 11.5. The van der Waals surface area contributed by atoms with Crippen LogP contribution in [0.15, 0.2) is 461 Å². The topological polar surface area (TPSA) is 101 Å². The molecule has 16 rings (SSSR count). The predicted molar refractivity (Wildman–Crippen MR) is 585 cm³/mol. The van der Waals surface area contributed by atoms with Gasteiger partial charge in [0.2, 0.25) is 0 Å². The van der Waals surface area contributed by atoms with E-state index in [1.807, 2.05) is 27.7 Å². The quantitative estimate of drug-likeness (QED) is 0.0143. The fourth-order valence-corrected chi connectivity index (χ4v) is 37.2. The van der Waals surface area contributed by atoms with Crippen LogP contribution in [0.3, 0.4) is 0 Å². The zero-order valence-corrected chi connectivity index (χ0v) is 86.5. The van der Waals surface area contributed by atoms with Crippen LogP contribution < -0.4 is 84.9 Å². The predicted octanol–water partition coefficient (Wildman–Crippen LogP) is 25.2. The van der Waals surface area contributed by atoms with Gasteiger partial charge in [-0.15, -0.1) is 35.4 Å². The van der Waals surface area contributed by atoms with Gasteiger partial charge in [-0.3, -0.25) is 11.8 Å². The van der Waals surface area contributed by atoms with Crippen molar-refractivity contribution in [3.63, 3.8) is 0 Å². The molecule has 0 unspecified atom stereocenters. The third-order valence-electron chi connectivity index (χ3n) is 20.1. The van der Waals surface area contributed by atoms with Crippen molar-refractivity contribution < 1.29 is 87.5 Å². The van der Waals surface area contributed by atoms with Crippen LogP contribution in [0, 0.1) is 24.7 Å². The number of urea groups is 2. The third kappa shape index (κ3) is 43.7. The molecule has 0 spiro atoms. The zero-order valence-electron chi connectivity index (χ0n) is 76.2. The molecule has 4 N–H and O–H groups in total. The number of amides is 4. The van der Waals surface area contributed by atoms with E-state index in [9.17, 15) is 26.9 Å². The molecule has 16 aromatic rings. The molecule has 137 heavy (non-hydrogen) atoms. The number of carbonyl (C=O) groups excluding carboxylic acids is 2. The average molecular weight is 2120 g/mol. The molecule has 0 aromatic heterocycles. The van der Waals surface area contributed by atoms with Gasteiger partial charge < -0.3 is 60.9 Å². The van der Waals surface area contributed by atoms with Crippen molar-refractivity contribution in [2.45, 2.75) is 27.7 Å². The van der Waals surface area contributed by atoms with Gasteiger partial charge in [-0.25, -0.2) is 9.59 Å². The van der Waals surface area contributed by atoms with E-state index >= 15 is 0 Å². The summed E-state index contributed by atoms with van der Waals surface area (Å²) in [6.07, 6.45) is 13.9. The van der Waals surface area contributed by atoms with Crippen LogP contribution in [0.25, 0.3) is 0 Å². The number of carbonyl (C=O) groups is 2. The van der Waals surface area contributed by atoms with Crippen molar-refractivity contribution in [3.8, 4) is 11.8 Å². The van der Waals surface area contributed by atoms with Crippen LogP contribution in [-0.2, 0) is 60.7 Å². The fraction of sp³-hybridized carbons (Fsp3) is 0.0973. The summed E-state index contributed by atoms with van der Waals surface area (Å²) in [7, 11) is -11.1. The van der Waals surface area contributed by atoms with Crippen molar-refractivity contribution in [2.24, 2.45) is 0 Å². The van der Waals surface area contributed by atoms with Gasteiger partial charge in [0.25, 0.3) is 0 Å². The summed E-state index contributed by atoms with van der Waals surface area (Å²) in [6, 6.07) is 160. The van der Waals surface area contributed by atoms with E-state index in [-0.39, 0.29) is 63.3 Å². The number of halogens is 6. The first kappa shape index (κ1) is 115. The molecule has 0 saturated carbocycles. The minimum Gasteiger partial charge on any atom is -0.418 e. The van der Waals surface area contributed by atoms with E-state index in [1.165, 1.54) is 81.4 Å². The maximum atomic E-state index is 11.7. The average Bonchev–Trinajstić information content (AvgIpc) is 0.819. The zero-order chi connectivity index (χ0) is 95.0. The van der Waals surface area contributed by atoms with Crippen molar-refractivity contribution in [1.29, 1.82) is 0 Å². The van der Waals surface area contributed by atoms with E-state index in [0.717, 1.165) is 26.4 Å². The van der Waals surface area contributed by atoms with Crippen LogP contribution in [-0.4, -0.2) is 63.5 Å². The molecule has 0 aliphatic carbocycles. The molecular formula is C113H112BCl2Cu3F4N4O4P6+6. The first-order valence-corrected chi connectivity index (χ1v) is 55.0. The molecule has 8 nitrogen and oxygen atoms in total. The van der Waals surface area contributed by atoms with E-state index in [4.69, 9.17) is 45.5 Å². The molecule has 710 valence electrons. The van der Waals surface area contributed by atoms with Gasteiger partial charge in [-0.1, -0.05) is 266 Å². The summed E-state index contributed by atoms with van der Waals surface area (Å²) in [5, 5.41) is 30.0. The SMILES string of the molecule is CCOCC.CCOCC.F[B-](F)(F)F.[C-]#Cc1ccc(NC(=O)Nc2ccc(Cl)cc2)cc1.[C-]#Cc1ccc(NC(=O)Nc2ccc(Cl)cc2)cc1.[Cu+].[Cu+].[Cu+].c1ccc([PH+](C[PH+](c2ccccc2)c2ccccc2)c2ccccc2)cc1.c1ccc([PH+](C[PH+](c2ccccc2)c2ccccc2)c2ccccc2)cc1.c1ccc([PH+](C[PH+](c2ccccc2)c2ccccc2)c2ccccc2)cc1. The van der Waals surface area contributed by atoms with Gasteiger partial charge in [0, 0.05) is 59.2 Å². The van der Waals surface area contributed by atoms with Crippen molar-refractivity contribution in [2.75, 3.05) is 65.4 Å². The maximum Gasteiger partial charge on any atom is 1.00 e. The number of ether oxygens (including phenoxy) is 2. The Hall–Kier alpha value is -10.4. The maximum absolute atomic E-state index is 11.7. The number of hydrogen-bond donors (Lipinski definition) is 4. The second kappa shape index (κ2) is 67.0. The Kier molecular flexibility index (Phi) is 56.4. The second-order valence-corrected chi connectivity index (χ2v) is 47.2. The van der Waals surface area contributed by atoms with Crippen molar-refractivity contribution in [3.05, 3.63) is 495 Å². The molecule has 16 aromatic carbocycles. The molecular weight excluding hydrogens is 2010 g/mol. The Morgan fingerprint density at radius 1 is 0.248 bits per heavy atom. The van der Waals surface area contributed by atoms with E-state index in [1.54, 1.807) is 97.1 Å². The fourth-order valence-electron chi connectivity index (χ4n) is 13.8. The van der Waals surface area contributed by atoms with Gasteiger partial charge in [0.05, 0.1) is 0 Å². The van der Waals surface area contributed by atoms with Gasteiger partial charge in [0.15, 0.2) is 17.7 Å². The smallest absolute Gasteiger partial charge is 0.418 e. The number of benzene rings is 16. The minimum absolute atomic E-state index is 0. The van der Waals surface area contributed by atoms with Crippen molar-refractivity contribution >= 4 is 176 Å². The molecule has 0 heterocycles. The van der Waals surface area contributed by atoms with Gasteiger partial charge in [-0.2, -0.15) is 0 Å². The summed E-state index contributed by atoms with van der Waals surface area (Å²) in [5.41, 5.74) is 3.92. The number of nitrogens with one attached hydrogen (secondary N) is 4. The van der Waals surface area contributed by atoms with Gasteiger partial charge >= 0.3 is 70.5 Å². The third-order valence-corrected chi connectivity index (χ3v) is 41.5. The second-order valence-electron chi connectivity index (χ2n) is 29.4. The van der Waals surface area contributed by atoms with E-state index in [0.29, 0.717) is 43.9 Å². The van der Waals surface area contributed by atoms with Crippen LogP contribution in [0.1, 0.15) is 38.8 Å². The standard InChI is InChI=1S/3C25H22P2.2C15H10ClN2O.2C4H10O.BF4.3Cu/c3*1-5-13-22(14-6-1)26(23-15-7-2-8-16-23)21-27(24-17-9-3-10-18-24)25-19-11-4-12-20-25;2*1-2-11-3-7-13(8-4-11)17-15(19)18-14-9-5-12(16)6-10-14;2*1-3-5-4-2;2-1(3,4)5;;;/h3*1-20H,21H2;2*3-10H,(H2,17,18,19);2*3-4H2,1-2H3;;;;/q;;;2*-1;;;-1;3*+1/p+6. The molecule has 0 fully saturated rings. The number of rotatable bonds is 26. The Balaban J connectivity index is 0.000000253. The number of hydrogen-bond acceptors (Lipinski definition) is 4. The van der Waals surface area contributed by atoms with E-state index < -0.39 is 54.8 Å². The first-order chi connectivity index (χ1) is 65.4. The molecule has 0 aliphatic heterocycles. The van der Waals surface area contributed by atoms with E-state index in [2.05, 4.69) is 397 Å². The molecule has 0 aliphatic rings. The van der Waals surface area contributed by atoms with Gasteiger partial charge in [0.1, 0.15) is 111 Å². The van der Waals surface area contributed by atoms with Crippen LogP contribution in [0.4, 0.5) is 49.6 Å². The largest absolute Gasteiger partial charge is 1.00 e. The Morgan fingerprint density at radius 2 is 0.372 bits per heavy atom. The molecule has 0 radical (unpaired) electrons. The minimum atomic E-state index is -6.00. The van der Waals surface area contributed by atoms with Gasteiger partial charge in [-0.05, 0) is 222 Å². The normalized spacial score (nSPS) is 10.2. The summed E-state index contributed by atoms with van der Waals surface area (Å²) < 4.78 is 48.7. The summed E-state index contributed by atoms with van der Waals surface area (Å²) in [6.45, 7) is 11.3. The first-order valence-electron chi connectivity index (χ1n) is 44.0. The van der Waals surface area contributed by atoms with Crippen LogP contribution in [0.2, 0.25) is 10.0 Å². The van der Waals surface area contributed by atoms with Crippen LogP contribution in [0.5, 0.6) is 0 Å². The Labute approximate surface area is 856 Å². The molecule has 4 amide bonds. The molecule has 0 saturated heterocycles. The Bertz CT molecular complexity index is 5010. The Morgan fingerprint density at radius 3 is 0.482 bits per heavy atom. The van der Waals surface area contributed by atoms with Crippen LogP contribution >= 0.6 is 70.7 Å². The van der Waals surface area contributed by atoms with Crippen molar-refractivity contribution in [1.82, 2.24) is 0 Å². The summed E-state index contributed by atoms with van der Waals surface area (Å²) in [5.74, 6) is 8.27. The molecule has 0 bridgehead atoms. The molecule has 0 atom stereocenters. The molecule has 24 heteroatoms. The monoisotopic (exact) mass is 2120 g/mol. The number of anilines is 4.